The summed E-state index contributed by atoms with van der Waals surface area (Å²) in [6, 6.07) is 1.75. The van der Waals surface area contributed by atoms with Gasteiger partial charge >= 0.3 is 0 Å². The van der Waals surface area contributed by atoms with Gasteiger partial charge in [-0.25, -0.2) is 13.2 Å². The number of hydrogen-bond acceptors (Lipinski definition) is 1. The molecule has 13 heavy (non-hydrogen) atoms. The Hall–Kier alpha value is -1.26. The lowest BCUT2D eigenvalue weighted by Crippen LogP contribution is -1.97. The summed E-state index contributed by atoms with van der Waals surface area (Å²) in [6.45, 7) is 0. The van der Waals surface area contributed by atoms with E-state index in [1.165, 1.54) is 0 Å². The van der Waals surface area contributed by atoms with E-state index < -0.39 is 23.6 Å². The zero-order chi connectivity index (χ0) is 10.0. The van der Waals surface area contributed by atoms with Crippen LogP contribution in [0.5, 0.6) is 5.75 Å². The van der Waals surface area contributed by atoms with Crippen LogP contribution >= 0.6 is 0 Å². The zero-order valence-corrected chi connectivity index (χ0v) is 6.65. The molecule has 5 heteroatoms. The maximum Gasteiger partial charge on any atom is 0.266 e. The number of halogens is 4. The maximum absolute atomic E-state index is 12.8. The molecule has 0 radical (unpaired) electrons. The Morgan fingerprint density at radius 2 is 1.77 bits per heavy atom. The Labute approximate surface area is 71.9 Å². The number of benzene rings is 1. The highest BCUT2D eigenvalue weighted by atomic mass is 19.3. The lowest BCUT2D eigenvalue weighted by molar-refractivity contribution is 0.144. The summed E-state index contributed by atoms with van der Waals surface area (Å²) in [5.74, 6) is -3.34. The maximum atomic E-state index is 12.8. The van der Waals surface area contributed by atoms with E-state index in [9.17, 15) is 17.6 Å². The van der Waals surface area contributed by atoms with Crippen molar-refractivity contribution in [3.05, 3.63) is 29.3 Å². The predicted molar refractivity (Wildman–Crippen MR) is 37.9 cm³/mol. The van der Waals surface area contributed by atoms with E-state index in [2.05, 4.69) is 4.74 Å². The summed E-state index contributed by atoms with van der Waals surface area (Å²) in [5.41, 5.74) is -0.960. The molecule has 1 aromatic rings. The smallest absolute Gasteiger partial charge is 0.266 e. The van der Waals surface area contributed by atoms with Gasteiger partial charge in [0.15, 0.2) is 11.6 Å². The van der Waals surface area contributed by atoms with Crippen molar-refractivity contribution < 1.29 is 22.3 Å². The molecular formula is C8H6F4O. The fourth-order valence-corrected chi connectivity index (χ4v) is 0.873. The summed E-state index contributed by atoms with van der Waals surface area (Å²) in [7, 11) is 1.12. The molecule has 0 atom stereocenters. The highest BCUT2D eigenvalue weighted by Crippen LogP contribution is 2.28. The predicted octanol–water partition coefficient (Wildman–Crippen LogP) is 2.91. The van der Waals surface area contributed by atoms with Gasteiger partial charge in [-0.05, 0) is 12.1 Å². The molecule has 0 spiro atoms. The number of methoxy groups -OCH3 is 1. The zero-order valence-electron chi connectivity index (χ0n) is 6.65. The standard InChI is InChI=1S/C8H6F4O/c1-13-5-3-2-4(8(11)12)6(9)7(5)10/h2-3,8H,1H3. The number of ether oxygens (including phenoxy) is 1. The highest BCUT2D eigenvalue weighted by Gasteiger charge is 2.19. The molecule has 0 aliphatic carbocycles. The fraction of sp³-hybridized carbons (Fsp3) is 0.250. The van der Waals surface area contributed by atoms with Crippen LogP contribution in [0.25, 0.3) is 0 Å². The van der Waals surface area contributed by atoms with Crippen LogP contribution in [0.2, 0.25) is 0 Å². The van der Waals surface area contributed by atoms with Gasteiger partial charge < -0.3 is 4.74 Å². The van der Waals surface area contributed by atoms with Crippen LogP contribution in [0.1, 0.15) is 12.0 Å². The molecular weight excluding hydrogens is 188 g/mol. The van der Waals surface area contributed by atoms with E-state index in [1.54, 1.807) is 0 Å². The molecule has 0 aliphatic rings. The van der Waals surface area contributed by atoms with Gasteiger partial charge in [-0.15, -0.1) is 0 Å². The Morgan fingerprint density at radius 1 is 1.15 bits per heavy atom. The van der Waals surface area contributed by atoms with Crippen molar-refractivity contribution in [3.63, 3.8) is 0 Å². The third-order valence-electron chi connectivity index (χ3n) is 1.53. The SMILES string of the molecule is COc1ccc(C(F)F)c(F)c1F. The van der Waals surface area contributed by atoms with Gasteiger partial charge in [-0.2, -0.15) is 4.39 Å². The first-order valence-corrected chi connectivity index (χ1v) is 3.38. The van der Waals surface area contributed by atoms with Crippen molar-refractivity contribution >= 4 is 0 Å². The molecule has 0 saturated carbocycles. The lowest BCUT2D eigenvalue weighted by Gasteiger charge is -2.05. The first kappa shape index (κ1) is 9.83. The summed E-state index contributed by atoms with van der Waals surface area (Å²) >= 11 is 0. The van der Waals surface area contributed by atoms with Crippen molar-refractivity contribution in [2.75, 3.05) is 7.11 Å². The van der Waals surface area contributed by atoms with E-state index in [1.807, 2.05) is 0 Å². The molecule has 0 amide bonds. The minimum Gasteiger partial charge on any atom is -0.494 e. The highest BCUT2D eigenvalue weighted by molar-refractivity contribution is 5.31. The van der Waals surface area contributed by atoms with E-state index in [0.717, 1.165) is 19.2 Å². The molecule has 1 aromatic carbocycles. The summed E-state index contributed by atoms with van der Waals surface area (Å²) in [4.78, 5) is 0. The third kappa shape index (κ3) is 1.74. The van der Waals surface area contributed by atoms with Gasteiger partial charge in [0.25, 0.3) is 6.43 Å². The average molecular weight is 194 g/mol. The number of hydrogen-bond donors (Lipinski definition) is 0. The van der Waals surface area contributed by atoms with E-state index in [-0.39, 0.29) is 5.75 Å². The topological polar surface area (TPSA) is 9.23 Å². The summed E-state index contributed by atoms with van der Waals surface area (Å²) in [5, 5.41) is 0. The van der Waals surface area contributed by atoms with Crippen LogP contribution in [0.4, 0.5) is 17.6 Å². The quantitative estimate of drug-likeness (QED) is 0.657. The molecule has 1 nitrogen and oxygen atoms in total. The summed E-state index contributed by atoms with van der Waals surface area (Å²) < 4.78 is 53.9. The van der Waals surface area contributed by atoms with Crippen molar-refractivity contribution in [1.29, 1.82) is 0 Å². The lowest BCUT2D eigenvalue weighted by atomic mass is 10.2. The monoisotopic (exact) mass is 194 g/mol. The van der Waals surface area contributed by atoms with E-state index >= 15 is 0 Å². The normalized spacial score (nSPS) is 10.6. The molecule has 0 bridgehead atoms. The Bertz CT molecular complexity index is 311. The molecule has 1 rings (SSSR count). The van der Waals surface area contributed by atoms with Crippen LogP contribution in [-0.2, 0) is 0 Å². The molecule has 0 N–H and O–H groups in total. The molecule has 0 fully saturated rings. The van der Waals surface area contributed by atoms with Crippen molar-refractivity contribution in [2.45, 2.75) is 6.43 Å². The number of rotatable bonds is 2. The van der Waals surface area contributed by atoms with Gasteiger partial charge in [-0.1, -0.05) is 0 Å². The molecule has 0 heterocycles. The summed E-state index contributed by atoms with van der Waals surface area (Å²) in [6.07, 6.45) is -3.03. The largest absolute Gasteiger partial charge is 0.494 e. The van der Waals surface area contributed by atoms with Crippen LogP contribution < -0.4 is 4.74 Å². The average Bonchev–Trinajstić information content (AvgIpc) is 2.09. The number of alkyl halides is 2. The molecule has 0 aliphatic heterocycles. The van der Waals surface area contributed by atoms with Crippen LogP contribution in [0.15, 0.2) is 12.1 Å². The Morgan fingerprint density at radius 3 is 2.23 bits per heavy atom. The van der Waals surface area contributed by atoms with Crippen molar-refractivity contribution in [2.24, 2.45) is 0 Å². The first-order valence-electron chi connectivity index (χ1n) is 3.38. The van der Waals surface area contributed by atoms with Crippen LogP contribution in [0.3, 0.4) is 0 Å². The van der Waals surface area contributed by atoms with Crippen molar-refractivity contribution in [1.82, 2.24) is 0 Å². The molecule has 72 valence electrons. The van der Waals surface area contributed by atoms with Crippen LogP contribution in [0, 0.1) is 11.6 Å². The molecule has 0 unspecified atom stereocenters. The second-order valence-electron chi connectivity index (χ2n) is 2.29. The van der Waals surface area contributed by atoms with Gasteiger partial charge in [-0.3, -0.25) is 0 Å². The van der Waals surface area contributed by atoms with Crippen molar-refractivity contribution in [3.8, 4) is 5.75 Å². The second kappa shape index (κ2) is 3.64. The Balaban J connectivity index is 3.23. The second-order valence-corrected chi connectivity index (χ2v) is 2.29. The van der Waals surface area contributed by atoms with Gasteiger partial charge in [0.1, 0.15) is 0 Å². The van der Waals surface area contributed by atoms with Gasteiger partial charge in [0, 0.05) is 0 Å². The fourth-order valence-electron chi connectivity index (χ4n) is 0.873. The van der Waals surface area contributed by atoms with Gasteiger partial charge in [0.2, 0.25) is 5.82 Å². The first-order chi connectivity index (χ1) is 6.07. The van der Waals surface area contributed by atoms with E-state index in [4.69, 9.17) is 0 Å². The minimum atomic E-state index is -3.03. The minimum absolute atomic E-state index is 0.387. The van der Waals surface area contributed by atoms with Gasteiger partial charge in [0.05, 0.1) is 12.7 Å². The third-order valence-corrected chi connectivity index (χ3v) is 1.53. The molecule has 0 saturated heterocycles. The van der Waals surface area contributed by atoms with Crippen LogP contribution in [-0.4, -0.2) is 7.11 Å². The molecule has 0 aromatic heterocycles. The Kier molecular flexibility index (Phi) is 2.75. The van der Waals surface area contributed by atoms with E-state index in [0.29, 0.717) is 0 Å².